The molecule has 0 aromatic heterocycles. The first kappa shape index (κ1) is 14.7. The zero-order valence-corrected chi connectivity index (χ0v) is 12.0. The van der Waals surface area contributed by atoms with Crippen molar-refractivity contribution in [1.29, 1.82) is 0 Å². The maximum absolute atomic E-state index is 12.1. The highest BCUT2D eigenvalue weighted by Crippen LogP contribution is 2.25. The van der Waals surface area contributed by atoms with Crippen molar-refractivity contribution in [3.63, 3.8) is 0 Å². The third-order valence-corrected chi connectivity index (χ3v) is 2.98. The van der Waals surface area contributed by atoms with Gasteiger partial charge in [-0.2, -0.15) is 0 Å². The zero-order valence-electron chi connectivity index (χ0n) is 12.0. The van der Waals surface area contributed by atoms with Crippen molar-refractivity contribution in [2.75, 3.05) is 7.11 Å². The minimum Gasteiger partial charge on any atom is -0.496 e. The van der Waals surface area contributed by atoms with E-state index < -0.39 is 0 Å². The molecule has 1 rings (SSSR count). The summed E-state index contributed by atoms with van der Waals surface area (Å²) in [6.45, 7) is 7.78. The van der Waals surface area contributed by atoms with Crippen LogP contribution >= 0.6 is 0 Å². The quantitative estimate of drug-likeness (QED) is 0.816. The lowest BCUT2D eigenvalue weighted by Gasteiger charge is -2.17. The molecule has 0 bridgehead atoms. The summed E-state index contributed by atoms with van der Waals surface area (Å²) < 4.78 is 5.29. The molecule has 0 aliphatic rings. The van der Waals surface area contributed by atoms with Gasteiger partial charge >= 0.3 is 0 Å². The molecular formula is C15H23NO2. The van der Waals surface area contributed by atoms with Crippen LogP contribution in [0.4, 0.5) is 0 Å². The Bertz CT molecular complexity index is 421. The van der Waals surface area contributed by atoms with Gasteiger partial charge in [-0.15, -0.1) is 0 Å². The number of ketones is 1. The van der Waals surface area contributed by atoms with E-state index in [0.29, 0.717) is 12.8 Å². The normalized spacial score (nSPS) is 11.4. The van der Waals surface area contributed by atoms with E-state index >= 15 is 0 Å². The number of nitrogens with two attached hydrogens (primary N) is 1. The molecule has 0 saturated heterocycles. The van der Waals surface area contributed by atoms with Crippen LogP contribution in [0.2, 0.25) is 0 Å². The Labute approximate surface area is 109 Å². The van der Waals surface area contributed by atoms with Crippen LogP contribution < -0.4 is 10.5 Å². The van der Waals surface area contributed by atoms with Crippen molar-refractivity contribution in [2.45, 2.75) is 46.1 Å². The molecule has 0 unspecified atom stereocenters. The monoisotopic (exact) mass is 249 g/mol. The number of aryl methyl sites for hydroxylation is 2. The summed E-state index contributed by atoms with van der Waals surface area (Å²) in [7, 11) is 1.65. The fourth-order valence-electron chi connectivity index (χ4n) is 2.01. The van der Waals surface area contributed by atoms with Crippen molar-refractivity contribution in [3.8, 4) is 5.75 Å². The smallest absolute Gasteiger partial charge is 0.162 e. The summed E-state index contributed by atoms with van der Waals surface area (Å²) in [5.74, 6) is 0.994. The largest absolute Gasteiger partial charge is 0.496 e. The van der Waals surface area contributed by atoms with E-state index in [2.05, 4.69) is 0 Å². The summed E-state index contributed by atoms with van der Waals surface area (Å²) in [6.07, 6.45) is 1.17. The van der Waals surface area contributed by atoms with Crippen molar-refractivity contribution < 1.29 is 9.53 Å². The fraction of sp³-hybridized carbons (Fsp3) is 0.533. The lowest BCUT2D eigenvalue weighted by molar-refractivity contribution is 0.0972. The van der Waals surface area contributed by atoms with Crippen LogP contribution in [0.15, 0.2) is 12.1 Å². The highest BCUT2D eigenvalue weighted by atomic mass is 16.5. The van der Waals surface area contributed by atoms with Crippen LogP contribution in [0.1, 0.15) is 48.2 Å². The lowest BCUT2D eigenvalue weighted by Crippen LogP contribution is -2.32. The predicted molar refractivity (Wildman–Crippen MR) is 74.3 cm³/mol. The SMILES string of the molecule is COc1c(C)cc(C(=O)CCC(C)(C)N)cc1C. The number of Topliss-reactive ketones (excluding diaryl/α,β-unsaturated/α-hetero) is 1. The lowest BCUT2D eigenvalue weighted by atomic mass is 9.94. The van der Waals surface area contributed by atoms with E-state index in [0.717, 1.165) is 22.4 Å². The number of benzene rings is 1. The molecule has 1 aromatic carbocycles. The van der Waals surface area contributed by atoms with E-state index in [4.69, 9.17) is 10.5 Å². The molecule has 1 aromatic rings. The molecule has 3 nitrogen and oxygen atoms in total. The molecule has 2 N–H and O–H groups in total. The average Bonchev–Trinajstić information content (AvgIpc) is 2.24. The van der Waals surface area contributed by atoms with Gasteiger partial charge in [0.2, 0.25) is 0 Å². The molecule has 0 atom stereocenters. The van der Waals surface area contributed by atoms with Crippen LogP contribution in [0.3, 0.4) is 0 Å². The topological polar surface area (TPSA) is 52.3 Å². The molecule has 18 heavy (non-hydrogen) atoms. The second-order valence-electron chi connectivity index (χ2n) is 5.56. The van der Waals surface area contributed by atoms with Gasteiger partial charge < -0.3 is 10.5 Å². The van der Waals surface area contributed by atoms with Crippen LogP contribution in [0.5, 0.6) is 5.75 Å². The number of carbonyl (C=O) groups is 1. The molecule has 100 valence electrons. The molecule has 0 spiro atoms. The first-order valence-corrected chi connectivity index (χ1v) is 6.22. The van der Waals surface area contributed by atoms with Gasteiger partial charge in [0.1, 0.15) is 5.75 Å². The maximum Gasteiger partial charge on any atom is 0.162 e. The molecule has 0 saturated carbocycles. The van der Waals surface area contributed by atoms with E-state index in [1.165, 1.54) is 0 Å². The zero-order chi connectivity index (χ0) is 13.9. The van der Waals surface area contributed by atoms with Crippen LogP contribution in [0, 0.1) is 13.8 Å². The average molecular weight is 249 g/mol. The Morgan fingerprint density at radius 1 is 1.28 bits per heavy atom. The first-order valence-electron chi connectivity index (χ1n) is 6.22. The number of ether oxygens (including phenoxy) is 1. The number of carbonyl (C=O) groups excluding carboxylic acids is 1. The summed E-state index contributed by atoms with van der Waals surface area (Å²) in [5.41, 5.74) is 8.33. The van der Waals surface area contributed by atoms with E-state index in [1.54, 1.807) is 7.11 Å². The third kappa shape index (κ3) is 3.84. The number of hydrogen-bond acceptors (Lipinski definition) is 3. The van der Waals surface area contributed by atoms with Gasteiger partial charge in [-0.25, -0.2) is 0 Å². The van der Waals surface area contributed by atoms with Gasteiger partial charge in [-0.05, 0) is 57.4 Å². The van der Waals surface area contributed by atoms with Crippen LogP contribution in [0.25, 0.3) is 0 Å². The number of rotatable bonds is 5. The predicted octanol–water partition coefficient (Wildman–Crippen LogP) is 3.01. The summed E-state index contributed by atoms with van der Waals surface area (Å²) in [4.78, 5) is 12.1. The van der Waals surface area contributed by atoms with Crippen LogP contribution in [-0.2, 0) is 0 Å². The summed E-state index contributed by atoms with van der Waals surface area (Å²) >= 11 is 0. The Hall–Kier alpha value is -1.35. The second-order valence-corrected chi connectivity index (χ2v) is 5.56. The maximum atomic E-state index is 12.1. The highest BCUT2D eigenvalue weighted by Gasteiger charge is 2.16. The van der Waals surface area contributed by atoms with Crippen molar-refractivity contribution in [3.05, 3.63) is 28.8 Å². The molecule has 0 aliphatic heterocycles. The Morgan fingerprint density at radius 2 is 1.78 bits per heavy atom. The van der Waals surface area contributed by atoms with Gasteiger partial charge in [0, 0.05) is 17.5 Å². The minimum absolute atomic E-state index is 0.141. The van der Waals surface area contributed by atoms with E-state index in [-0.39, 0.29) is 11.3 Å². The molecule has 0 amide bonds. The van der Waals surface area contributed by atoms with Gasteiger partial charge in [0.05, 0.1) is 7.11 Å². The van der Waals surface area contributed by atoms with Crippen molar-refractivity contribution in [1.82, 2.24) is 0 Å². The van der Waals surface area contributed by atoms with Crippen LogP contribution in [-0.4, -0.2) is 18.4 Å². The highest BCUT2D eigenvalue weighted by molar-refractivity contribution is 5.96. The van der Waals surface area contributed by atoms with Gasteiger partial charge in [0.15, 0.2) is 5.78 Å². The molecule has 0 heterocycles. The summed E-state index contributed by atoms with van der Waals surface area (Å²) in [5, 5.41) is 0. The Morgan fingerprint density at radius 3 is 2.17 bits per heavy atom. The van der Waals surface area contributed by atoms with Gasteiger partial charge in [0.25, 0.3) is 0 Å². The molecule has 0 radical (unpaired) electrons. The number of hydrogen-bond donors (Lipinski definition) is 1. The Balaban J connectivity index is 2.88. The molecule has 0 fully saturated rings. The molecule has 3 heteroatoms. The minimum atomic E-state index is -0.299. The van der Waals surface area contributed by atoms with E-state index in [1.807, 2.05) is 39.8 Å². The standard InChI is InChI=1S/C15H23NO2/c1-10-8-12(9-11(2)14(10)18-5)13(17)6-7-15(3,4)16/h8-9H,6-7,16H2,1-5H3. The number of methoxy groups -OCH3 is 1. The molecule has 0 aliphatic carbocycles. The second kappa shape index (κ2) is 5.53. The van der Waals surface area contributed by atoms with Gasteiger partial charge in [-0.1, -0.05) is 0 Å². The van der Waals surface area contributed by atoms with E-state index in [9.17, 15) is 4.79 Å². The third-order valence-electron chi connectivity index (χ3n) is 2.98. The van der Waals surface area contributed by atoms with Gasteiger partial charge in [-0.3, -0.25) is 4.79 Å². The Kier molecular flexibility index (Phi) is 4.52. The molecular weight excluding hydrogens is 226 g/mol. The summed E-state index contributed by atoms with van der Waals surface area (Å²) in [6, 6.07) is 3.77. The fourth-order valence-corrected chi connectivity index (χ4v) is 2.01. The first-order chi connectivity index (χ1) is 8.24. The van der Waals surface area contributed by atoms with Crippen molar-refractivity contribution >= 4 is 5.78 Å². The van der Waals surface area contributed by atoms with Crippen molar-refractivity contribution in [2.24, 2.45) is 5.73 Å².